The van der Waals surface area contributed by atoms with Crippen molar-refractivity contribution in [2.45, 2.75) is 52.0 Å². The van der Waals surface area contributed by atoms with Crippen LogP contribution in [0.15, 0.2) is 10.6 Å². The van der Waals surface area contributed by atoms with Crippen LogP contribution in [0.1, 0.15) is 48.7 Å². The molecule has 1 aliphatic carbocycles. The number of hydrogen-bond donors (Lipinski definition) is 1. The summed E-state index contributed by atoms with van der Waals surface area (Å²) < 4.78 is 5.12. The number of carbonyl (C=O) groups is 1. The van der Waals surface area contributed by atoms with Gasteiger partial charge < -0.3 is 9.42 Å². The van der Waals surface area contributed by atoms with Crippen LogP contribution in [0, 0.1) is 6.92 Å². The predicted molar refractivity (Wildman–Crippen MR) is 105 cm³/mol. The van der Waals surface area contributed by atoms with Crippen molar-refractivity contribution < 1.29 is 9.32 Å². The molecule has 1 saturated heterocycles. The second kappa shape index (κ2) is 7.24. The molecule has 4 rings (SSSR count). The number of anilines is 1. The van der Waals surface area contributed by atoms with Crippen LogP contribution in [0.25, 0.3) is 0 Å². The van der Waals surface area contributed by atoms with Crippen LogP contribution in [-0.4, -0.2) is 52.2 Å². The zero-order valence-electron chi connectivity index (χ0n) is 16.2. The van der Waals surface area contributed by atoms with Crippen LogP contribution in [-0.2, 0) is 18.4 Å². The minimum Gasteiger partial charge on any atom is -0.361 e. The molecule has 2 aliphatic rings. The summed E-state index contributed by atoms with van der Waals surface area (Å²) in [6.07, 6.45) is 3.43. The van der Waals surface area contributed by atoms with Crippen molar-refractivity contribution in [1.29, 1.82) is 0 Å². The average molecular weight is 390 g/mol. The minimum atomic E-state index is -0.0455. The number of rotatable bonds is 3. The van der Waals surface area contributed by atoms with Crippen LogP contribution < -0.4 is 5.32 Å². The van der Waals surface area contributed by atoms with Gasteiger partial charge in [0.1, 0.15) is 5.76 Å². The standard InChI is InChI=1S/C19H27N5O2S/c1-13-11-14(22-26-13)12-23-7-9-24(10-8-23)18(25)21-17-20-16-15(27-17)5-4-6-19(16,2)3/h11H,4-10,12H2,1-3H3,(H,20,21,25). The Kier molecular flexibility index (Phi) is 4.94. The van der Waals surface area contributed by atoms with Gasteiger partial charge in [-0.25, -0.2) is 9.78 Å². The monoisotopic (exact) mass is 389 g/mol. The van der Waals surface area contributed by atoms with E-state index in [0.717, 1.165) is 49.1 Å². The van der Waals surface area contributed by atoms with Gasteiger partial charge in [-0.1, -0.05) is 19.0 Å². The summed E-state index contributed by atoms with van der Waals surface area (Å²) in [5, 5.41) is 7.81. The summed E-state index contributed by atoms with van der Waals surface area (Å²) >= 11 is 1.64. The number of nitrogens with one attached hydrogen (secondary N) is 1. The Balaban J connectivity index is 1.32. The topological polar surface area (TPSA) is 74.5 Å². The maximum atomic E-state index is 12.6. The second-order valence-electron chi connectivity index (χ2n) is 8.15. The highest BCUT2D eigenvalue weighted by molar-refractivity contribution is 7.15. The van der Waals surface area contributed by atoms with Crippen LogP contribution >= 0.6 is 11.3 Å². The van der Waals surface area contributed by atoms with Crippen molar-refractivity contribution in [3.63, 3.8) is 0 Å². The lowest BCUT2D eigenvalue weighted by atomic mass is 9.79. The quantitative estimate of drug-likeness (QED) is 0.871. The first kappa shape index (κ1) is 18.4. The summed E-state index contributed by atoms with van der Waals surface area (Å²) in [5.74, 6) is 0.831. The van der Waals surface area contributed by atoms with Gasteiger partial charge >= 0.3 is 6.03 Å². The Morgan fingerprint density at radius 3 is 2.78 bits per heavy atom. The normalized spacial score (nSPS) is 19.7. The molecule has 0 bridgehead atoms. The lowest BCUT2D eigenvalue weighted by Gasteiger charge is -2.34. The SMILES string of the molecule is Cc1cc(CN2CCN(C(=O)Nc3nc4c(s3)CCCC4(C)C)CC2)no1. The van der Waals surface area contributed by atoms with E-state index in [2.05, 4.69) is 29.2 Å². The molecular formula is C19H27N5O2S. The fraction of sp³-hybridized carbons (Fsp3) is 0.632. The number of hydrogen-bond acceptors (Lipinski definition) is 6. The van der Waals surface area contributed by atoms with Gasteiger partial charge in [0, 0.05) is 49.1 Å². The number of urea groups is 1. The Morgan fingerprint density at radius 2 is 2.11 bits per heavy atom. The number of piperazine rings is 1. The van der Waals surface area contributed by atoms with E-state index in [1.165, 1.54) is 17.0 Å². The third-order valence-electron chi connectivity index (χ3n) is 5.48. The number of carbonyl (C=O) groups excluding carboxylic acids is 1. The largest absolute Gasteiger partial charge is 0.361 e. The fourth-order valence-corrected chi connectivity index (χ4v) is 5.09. The van der Waals surface area contributed by atoms with E-state index in [1.54, 1.807) is 11.3 Å². The molecule has 8 heteroatoms. The van der Waals surface area contributed by atoms with Gasteiger partial charge in [0.15, 0.2) is 5.13 Å². The van der Waals surface area contributed by atoms with Gasteiger partial charge in [0.25, 0.3) is 0 Å². The molecule has 2 amide bonds. The van der Waals surface area contributed by atoms with Crippen LogP contribution in [0.3, 0.4) is 0 Å². The Morgan fingerprint density at radius 1 is 1.33 bits per heavy atom. The minimum absolute atomic E-state index is 0.0455. The molecule has 3 heterocycles. The maximum Gasteiger partial charge on any atom is 0.323 e. The first-order valence-corrected chi connectivity index (χ1v) is 10.4. The molecule has 7 nitrogen and oxygen atoms in total. The Bertz CT molecular complexity index is 820. The van der Waals surface area contributed by atoms with Crippen molar-refractivity contribution in [2.24, 2.45) is 0 Å². The third-order valence-corrected chi connectivity index (χ3v) is 6.51. The van der Waals surface area contributed by atoms with Crippen molar-refractivity contribution in [3.05, 3.63) is 28.1 Å². The fourth-order valence-electron chi connectivity index (χ4n) is 3.91. The first-order valence-electron chi connectivity index (χ1n) is 9.61. The van der Waals surface area contributed by atoms with Gasteiger partial charge in [-0.2, -0.15) is 0 Å². The van der Waals surface area contributed by atoms with Crippen LogP contribution in [0.2, 0.25) is 0 Å². The second-order valence-corrected chi connectivity index (χ2v) is 9.23. The van der Waals surface area contributed by atoms with Crippen LogP contribution in [0.5, 0.6) is 0 Å². The number of aryl methyl sites for hydroxylation is 2. The highest BCUT2D eigenvalue weighted by Crippen LogP contribution is 2.40. The van der Waals surface area contributed by atoms with Gasteiger partial charge in [0.05, 0.1) is 11.4 Å². The number of amides is 2. The summed E-state index contributed by atoms with van der Waals surface area (Å²) in [4.78, 5) is 22.9. The molecule has 0 saturated carbocycles. The number of fused-ring (bicyclic) bond motifs is 1. The average Bonchev–Trinajstić information content (AvgIpc) is 3.22. The number of aromatic nitrogens is 2. The van der Waals surface area contributed by atoms with E-state index in [9.17, 15) is 4.79 Å². The zero-order valence-corrected chi connectivity index (χ0v) is 17.1. The van der Waals surface area contributed by atoms with E-state index in [0.29, 0.717) is 13.1 Å². The van der Waals surface area contributed by atoms with Crippen molar-refractivity contribution in [2.75, 3.05) is 31.5 Å². The molecule has 1 aliphatic heterocycles. The highest BCUT2D eigenvalue weighted by Gasteiger charge is 2.32. The Hall–Kier alpha value is -1.93. The lowest BCUT2D eigenvalue weighted by Crippen LogP contribution is -2.49. The maximum absolute atomic E-state index is 12.6. The van der Waals surface area contributed by atoms with E-state index in [-0.39, 0.29) is 11.4 Å². The molecule has 1 fully saturated rings. The molecule has 27 heavy (non-hydrogen) atoms. The molecule has 1 N–H and O–H groups in total. The molecule has 2 aromatic heterocycles. The number of nitrogens with zero attached hydrogens (tertiary/aromatic N) is 4. The first-order chi connectivity index (χ1) is 12.9. The van der Waals surface area contributed by atoms with Gasteiger partial charge in [0.2, 0.25) is 0 Å². The smallest absolute Gasteiger partial charge is 0.323 e. The Labute approximate surface area is 163 Å². The molecule has 146 valence electrons. The zero-order chi connectivity index (χ0) is 19.0. The van der Waals surface area contributed by atoms with E-state index in [4.69, 9.17) is 9.51 Å². The van der Waals surface area contributed by atoms with E-state index >= 15 is 0 Å². The van der Waals surface area contributed by atoms with E-state index in [1.807, 2.05) is 17.9 Å². The predicted octanol–water partition coefficient (Wildman–Crippen LogP) is 3.40. The van der Waals surface area contributed by atoms with E-state index < -0.39 is 0 Å². The van der Waals surface area contributed by atoms with Crippen molar-refractivity contribution >= 4 is 22.5 Å². The molecule has 0 spiro atoms. The molecule has 0 radical (unpaired) electrons. The molecule has 2 aromatic rings. The molecule has 0 atom stereocenters. The van der Waals surface area contributed by atoms with Crippen molar-refractivity contribution in [3.8, 4) is 0 Å². The molecule has 0 unspecified atom stereocenters. The van der Waals surface area contributed by atoms with Gasteiger partial charge in [-0.15, -0.1) is 11.3 Å². The molecule has 0 aromatic carbocycles. The summed E-state index contributed by atoms with van der Waals surface area (Å²) in [6.45, 7) is 10.2. The van der Waals surface area contributed by atoms with Gasteiger partial charge in [-0.05, 0) is 26.2 Å². The highest BCUT2D eigenvalue weighted by atomic mass is 32.1. The number of thiazole rings is 1. The third kappa shape index (κ3) is 4.01. The lowest BCUT2D eigenvalue weighted by molar-refractivity contribution is 0.141. The van der Waals surface area contributed by atoms with Crippen LogP contribution in [0.4, 0.5) is 9.93 Å². The summed E-state index contributed by atoms with van der Waals surface area (Å²) in [6, 6.07) is 1.92. The van der Waals surface area contributed by atoms with Crippen molar-refractivity contribution in [1.82, 2.24) is 19.9 Å². The molecular weight excluding hydrogens is 362 g/mol. The summed E-state index contributed by atoms with van der Waals surface area (Å²) in [5.41, 5.74) is 2.22. The summed E-state index contributed by atoms with van der Waals surface area (Å²) in [7, 11) is 0. The van der Waals surface area contributed by atoms with Gasteiger partial charge in [-0.3, -0.25) is 10.2 Å².